The van der Waals surface area contributed by atoms with E-state index in [1.165, 1.54) is 6.07 Å². The summed E-state index contributed by atoms with van der Waals surface area (Å²) in [4.78, 5) is 16.1. The zero-order valence-corrected chi connectivity index (χ0v) is 14.8. The monoisotopic (exact) mass is 371 g/mol. The molecule has 2 heterocycles. The van der Waals surface area contributed by atoms with Crippen molar-refractivity contribution in [3.8, 4) is 22.9 Å². The van der Waals surface area contributed by atoms with Crippen LogP contribution in [-0.4, -0.2) is 38.9 Å². The van der Waals surface area contributed by atoms with Gasteiger partial charge in [0.05, 0.1) is 35.3 Å². The number of ether oxygens (including phenoxy) is 1. The van der Waals surface area contributed by atoms with E-state index in [0.29, 0.717) is 35.4 Å². The largest absolute Gasteiger partial charge is 0.504 e. The summed E-state index contributed by atoms with van der Waals surface area (Å²) in [6.07, 6.45) is 0. The highest BCUT2D eigenvalue weighted by molar-refractivity contribution is 5.97. The molecular formula is C19H18FN3O4. The lowest BCUT2D eigenvalue weighted by molar-refractivity contribution is -0.0868. The first-order valence-corrected chi connectivity index (χ1v) is 8.35. The van der Waals surface area contributed by atoms with Crippen molar-refractivity contribution in [2.45, 2.75) is 19.4 Å². The van der Waals surface area contributed by atoms with Gasteiger partial charge in [-0.05, 0) is 43.7 Å². The van der Waals surface area contributed by atoms with Crippen molar-refractivity contribution in [2.24, 2.45) is 5.73 Å². The molecule has 8 heteroatoms. The quantitative estimate of drug-likeness (QED) is 0.612. The summed E-state index contributed by atoms with van der Waals surface area (Å²) in [6.45, 7) is 4.27. The minimum Gasteiger partial charge on any atom is -0.504 e. The third-order valence-corrected chi connectivity index (χ3v) is 4.95. The SMILES string of the molecule is Cc1cc(-c2nc3ccc(C(N)=O)cc3n2C2(C)COC2)c(F)c(O)c1O. The Morgan fingerprint density at radius 3 is 2.59 bits per heavy atom. The van der Waals surface area contributed by atoms with Gasteiger partial charge in [0.2, 0.25) is 5.91 Å². The molecule has 140 valence electrons. The van der Waals surface area contributed by atoms with Crippen LogP contribution in [0.4, 0.5) is 4.39 Å². The maximum absolute atomic E-state index is 14.8. The zero-order valence-electron chi connectivity index (χ0n) is 14.8. The third-order valence-electron chi connectivity index (χ3n) is 4.95. The van der Waals surface area contributed by atoms with Crippen molar-refractivity contribution >= 4 is 16.9 Å². The van der Waals surface area contributed by atoms with Crippen LogP contribution in [0.15, 0.2) is 24.3 Å². The molecule has 4 rings (SSSR count). The number of aromatic nitrogens is 2. The van der Waals surface area contributed by atoms with Gasteiger partial charge in [-0.1, -0.05) is 0 Å². The van der Waals surface area contributed by atoms with Crippen LogP contribution in [0.5, 0.6) is 11.5 Å². The number of nitrogens with zero attached hydrogens (tertiary/aromatic N) is 2. The van der Waals surface area contributed by atoms with Gasteiger partial charge < -0.3 is 25.3 Å². The van der Waals surface area contributed by atoms with Gasteiger partial charge in [0, 0.05) is 5.56 Å². The molecule has 4 N–H and O–H groups in total. The molecule has 0 bridgehead atoms. The number of imidazole rings is 1. The van der Waals surface area contributed by atoms with Gasteiger partial charge in [0.25, 0.3) is 0 Å². The van der Waals surface area contributed by atoms with Crippen molar-refractivity contribution in [3.05, 3.63) is 41.2 Å². The highest BCUT2D eigenvalue weighted by atomic mass is 19.1. The molecule has 1 fully saturated rings. The minimum atomic E-state index is -0.964. The maximum Gasteiger partial charge on any atom is 0.248 e. The average molecular weight is 371 g/mol. The van der Waals surface area contributed by atoms with Gasteiger partial charge in [0.1, 0.15) is 5.82 Å². The molecule has 1 aliphatic heterocycles. The lowest BCUT2D eigenvalue weighted by Crippen LogP contribution is -2.49. The summed E-state index contributed by atoms with van der Waals surface area (Å²) in [7, 11) is 0. The highest BCUT2D eigenvalue weighted by Gasteiger charge is 2.39. The number of carbonyl (C=O) groups excluding carboxylic acids is 1. The first-order chi connectivity index (χ1) is 12.7. The van der Waals surface area contributed by atoms with E-state index in [0.717, 1.165) is 0 Å². The molecule has 0 aliphatic carbocycles. The van der Waals surface area contributed by atoms with E-state index in [2.05, 4.69) is 4.98 Å². The second-order valence-electron chi connectivity index (χ2n) is 7.08. The Bertz CT molecular complexity index is 1100. The minimum absolute atomic E-state index is 0.0488. The summed E-state index contributed by atoms with van der Waals surface area (Å²) in [5.41, 5.74) is 6.72. The van der Waals surface area contributed by atoms with Crippen LogP contribution in [0.2, 0.25) is 0 Å². The number of benzene rings is 2. The molecule has 1 aliphatic rings. The summed E-state index contributed by atoms with van der Waals surface area (Å²) in [5.74, 6) is -2.60. The van der Waals surface area contributed by atoms with Crippen LogP contribution in [0, 0.1) is 12.7 Å². The lowest BCUT2D eigenvalue weighted by Gasteiger charge is -2.40. The second-order valence-corrected chi connectivity index (χ2v) is 7.08. The Balaban J connectivity index is 2.07. The number of primary amides is 1. The van der Waals surface area contributed by atoms with Gasteiger partial charge in [-0.15, -0.1) is 0 Å². The molecule has 0 saturated carbocycles. The molecule has 1 amide bonds. The summed E-state index contributed by atoms with van der Waals surface area (Å²) >= 11 is 0. The lowest BCUT2D eigenvalue weighted by atomic mass is 9.98. The fourth-order valence-electron chi connectivity index (χ4n) is 3.41. The number of aryl methyl sites for hydroxylation is 1. The molecule has 1 aromatic heterocycles. The van der Waals surface area contributed by atoms with Gasteiger partial charge in [-0.2, -0.15) is 0 Å². The van der Waals surface area contributed by atoms with Crippen LogP contribution in [0.25, 0.3) is 22.4 Å². The summed E-state index contributed by atoms with van der Waals surface area (Å²) in [5, 5.41) is 19.7. The van der Waals surface area contributed by atoms with E-state index in [4.69, 9.17) is 10.5 Å². The van der Waals surface area contributed by atoms with Gasteiger partial charge >= 0.3 is 0 Å². The molecule has 3 aromatic rings. The Hall–Kier alpha value is -3.13. The van der Waals surface area contributed by atoms with Crippen molar-refractivity contribution in [3.63, 3.8) is 0 Å². The zero-order chi connectivity index (χ0) is 19.5. The number of hydrogen-bond donors (Lipinski definition) is 3. The number of aromatic hydroxyl groups is 2. The van der Waals surface area contributed by atoms with Crippen LogP contribution < -0.4 is 5.73 Å². The van der Waals surface area contributed by atoms with Crippen molar-refractivity contribution in [1.82, 2.24) is 9.55 Å². The van der Waals surface area contributed by atoms with Crippen molar-refractivity contribution in [1.29, 1.82) is 0 Å². The van der Waals surface area contributed by atoms with Crippen LogP contribution in [-0.2, 0) is 10.3 Å². The maximum atomic E-state index is 14.8. The van der Waals surface area contributed by atoms with Gasteiger partial charge in [-0.25, -0.2) is 9.37 Å². The smallest absolute Gasteiger partial charge is 0.248 e. The highest BCUT2D eigenvalue weighted by Crippen LogP contribution is 2.41. The number of nitrogens with two attached hydrogens (primary N) is 1. The van der Waals surface area contributed by atoms with Gasteiger partial charge in [-0.3, -0.25) is 4.79 Å². The van der Waals surface area contributed by atoms with E-state index in [9.17, 15) is 19.4 Å². The first kappa shape index (κ1) is 17.3. The Morgan fingerprint density at radius 1 is 1.30 bits per heavy atom. The molecule has 27 heavy (non-hydrogen) atoms. The number of phenolic OH excluding ortho intramolecular Hbond substituents is 2. The number of phenols is 2. The number of rotatable bonds is 3. The van der Waals surface area contributed by atoms with Crippen LogP contribution >= 0.6 is 0 Å². The predicted octanol–water partition coefficient (Wildman–Crippen LogP) is 2.41. The van der Waals surface area contributed by atoms with Crippen LogP contribution in [0.3, 0.4) is 0 Å². The fourth-order valence-corrected chi connectivity index (χ4v) is 3.41. The second kappa shape index (κ2) is 5.68. The Labute approximate surface area is 153 Å². The fraction of sp³-hybridized carbons (Fsp3) is 0.263. The van der Waals surface area contributed by atoms with Crippen LogP contribution in [0.1, 0.15) is 22.8 Å². The number of hydrogen-bond acceptors (Lipinski definition) is 5. The van der Waals surface area contributed by atoms with E-state index < -0.39 is 28.8 Å². The van der Waals surface area contributed by atoms with E-state index in [1.807, 2.05) is 6.92 Å². The van der Waals surface area contributed by atoms with Gasteiger partial charge in [0.15, 0.2) is 17.3 Å². The average Bonchev–Trinajstić information content (AvgIpc) is 2.99. The number of carbonyl (C=O) groups is 1. The normalized spacial score (nSPS) is 15.7. The van der Waals surface area contributed by atoms with E-state index in [-0.39, 0.29) is 11.4 Å². The summed E-state index contributed by atoms with van der Waals surface area (Å²) < 4.78 is 21.9. The first-order valence-electron chi connectivity index (χ1n) is 8.35. The van der Waals surface area contributed by atoms with E-state index >= 15 is 0 Å². The van der Waals surface area contributed by atoms with Crippen molar-refractivity contribution < 1.29 is 24.1 Å². The predicted molar refractivity (Wildman–Crippen MR) is 96.2 cm³/mol. The van der Waals surface area contributed by atoms with Crippen molar-refractivity contribution in [2.75, 3.05) is 13.2 Å². The molecule has 0 spiro atoms. The summed E-state index contributed by atoms with van der Waals surface area (Å²) in [6, 6.07) is 6.24. The molecular weight excluding hydrogens is 353 g/mol. The Kier molecular flexibility index (Phi) is 3.64. The van der Waals surface area contributed by atoms with E-state index in [1.54, 1.807) is 29.7 Å². The molecule has 0 radical (unpaired) electrons. The third kappa shape index (κ3) is 2.44. The molecule has 7 nitrogen and oxygen atoms in total. The molecule has 0 atom stereocenters. The molecule has 0 unspecified atom stereocenters. The topological polar surface area (TPSA) is 111 Å². The Morgan fingerprint density at radius 2 is 2.00 bits per heavy atom. The standard InChI is InChI=1S/C19H18FN3O4/c1-9-5-11(14(20)16(25)15(9)24)18-22-12-4-3-10(17(21)26)6-13(12)23(18)19(2)7-27-8-19/h3-6,24-25H,7-8H2,1-2H3,(H2,21,26). The molecule has 1 saturated heterocycles. The molecule has 2 aromatic carbocycles. The number of halogens is 1. The number of amides is 1. The number of fused-ring (bicyclic) bond motifs is 1.